The fourth-order valence-corrected chi connectivity index (χ4v) is 5.75. The number of likely N-dealkylation sites (tertiary alicyclic amines) is 1. The second-order valence-electron chi connectivity index (χ2n) is 10.4. The maximum absolute atomic E-state index is 13.7. The zero-order valence-electron chi connectivity index (χ0n) is 21.0. The van der Waals surface area contributed by atoms with Gasteiger partial charge in [0.05, 0.1) is 5.56 Å². The molecule has 5 rings (SSSR count). The van der Waals surface area contributed by atoms with Gasteiger partial charge in [-0.2, -0.15) is 0 Å². The second kappa shape index (κ2) is 9.40. The largest absolute Gasteiger partial charge is 0.338 e. The van der Waals surface area contributed by atoms with Crippen LogP contribution >= 0.6 is 0 Å². The van der Waals surface area contributed by atoms with Crippen LogP contribution in [0.5, 0.6) is 0 Å². The van der Waals surface area contributed by atoms with E-state index in [0.717, 1.165) is 73.2 Å². The molecule has 6 nitrogen and oxygen atoms in total. The molecule has 0 saturated carbocycles. The zero-order valence-corrected chi connectivity index (χ0v) is 21.0. The molecule has 1 aromatic carbocycles. The summed E-state index contributed by atoms with van der Waals surface area (Å²) in [7, 11) is 0. The van der Waals surface area contributed by atoms with E-state index in [1.165, 1.54) is 24.8 Å². The number of benzene rings is 1. The van der Waals surface area contributed by atoms with E-state index in [9.17, 15) is 4.79 Å². The number of fused-ring (bicyclic) bond motifs is 1. The van der Waals surface area contributed by atoms with Crippen molar-refractivity contribution in [3.05, 3.63) is 64.5 Å². The van der Waals surface area contributed by atoms with Gasteiger partial charge in [0.15, 0.2) is 0 Å². The van der Waals surface area contributed by atoms with Crippen LogP contribution in [0.3, 0.4) is 0 Å². The van der Waals surface area contributed by atoms with E-state index in [1.807, 2.05) is 4.90 Å². The van der Waals surface area contributed by atoms with Crippen LogP contribution in [-0.2, 0) is 13.0 Å². The number of amides is 1. The van der Waals surface area contributed by atoms with Crippen molar-refractivity contribution < 1.29 is 4.79 Å². The second-order valence-corrected chi connectivity index (χ2v) is 10.4. The Labute approximate surface area is 203 Å². The molecular formula is C28H37N5O. The molecular weight excluding hydrogens is 422 g/mol. The summed E-state index contributed by atoms with van der Waals surface area (Å²) in [5.74, 6) is 3.09. The lowest BCUT2D eigenvalue weighted by Crippen LogP contribution is -2.40. The SMILES string of the molecule is Cc1cc(C(=O)N2CCCC(c3nnc4n3CCCCC4)C2)c(C)n1-c1cccc(C(C)C)c1. The number of rotatable bonds is 4. The van der Waals surface area contributed by atoms with Crippen molar-refractivity contribution in [3.63, 3.8) is 0 Å². The maximum Gasteiger partial charge on any atom is 0.255 e. The van der Waals surface area contributed by atoms with Gasteiger partial charge in [-0.1, -0.05) is 32.4 Å². The Bertz CT molecular complexity index is 1190. The summed E-state index contributed by atoms with van der Waals surface area (Å²) in [5.41, 5.74) is 5.36. The van der Waals surface area contributed by atoms with Crippen LogP contribution < -0.4 is 0 Å². The van der Waals surface area contributed by atoms with Gasteiger partial charge in [0.2, 0.25) is 0 Å². The number of aromatic nitrogens is 4. The number of nitrogens with zero attached hydrogens (tertiary/aromatic N) is 5. The molecule has 0 aliphatic carbocycles. The van der Waals surface area contributed by atoms with Crippen LogP contribution in [0.4, 0.5) is 0 Å². The van der Waals surface area contributed by atoms with Crippen LogP contribution in [0, 0.1) is 13.8 Å². The number of hydrogen-bond donors (Lipinski definition) is 0. The first-order valence-electron chi connectivity index (χ1n) is 12.9. The number of carbonyl (C=O) groups is 1. The predicted octanol–water partition coefficient (Wildman–Crippen LogP) is 5.56. The van der Waals surface area contributed by atoms with Gasteiger partial charge in [-0.05, 0) is 69.2 Å². The highest BCUT2D eigenvalue weighted by molar-refractivity contribution is 5.96. The average molecular weight is 460 g/mol. The van der Waals surface area contributed by atoms with Crippen molar-refractivity contribution in [2.75, 3.05) is 13.1 Å². The van der Waals surface area contributed by atoms with Crippen molar-refractivity contribution in [1.29, 1.82) is 0 Å². The monoisotopic (exact) mass is 459 g/mol. The summed E-state index contributed by atoms with van der Waals surface area (Å²) in [5, 5.41) is 9.11. The summed E-state index contributed by atoms with van der Waals surface area (Å²) in [6.45, 7) is 11.1. The lowest BCUT2D eigenvalue weighted by Gasteiger charge is -2.32. The van der Waals surface area contributed by atoms with E-state index in [0.29, 0.717) is 5.92 Å². The summed E-state index contributed by atoms with van der Waals surface area (Å²) < 4.78 is 4.57. The molecule has 0 bridgehead atoms. The highest BCUT2D eigenvalue weighted by Crippen LogP contribution is 2.30. The fourth-order valence-electron chi connectivity index (χ4n) is 5.75. The number of piperidine rings is 1. The van der Waals surface area contributed by atoms with Gasteiger partial charge in [0, 0.05) is 49.0 Å². The quantitative estimate of drug-likeness (QED) is 0.514. The van der Waals surface area contributed by atoms with E-state index in [1.54, 1.807) is 0 Å². The summed E-state index contributed by atoms with van der Waals surface area (Å²) in [6.07, 6.45) is 6.75. The third-order valence-electron chi connectivity index (χ3n) is 7.67. The lowest BCUT2D eigenvalue weighted by atomic mass is 9.96. The molecule has 1 unspecified atom stereocenters. The van der Waals surface area contributed by atoms with Gasteiger partial charge in [0.1, 0.15) is 11.6 Å². The Balaban J connectivity index is 1.40. The number of hydrogen-bond acceptors (Lipinski definition) is 3. The summed E-state index contributed by atoms with van der Waals surface area (Å²) in [6, 6.07) is 10.7. The Morgan fingerprint density at radius 1 is 1.03 bits per heavy atom. The molecule has 1 fully saturated rings. The van der Waals surface area contributed by atoms with E-state index < -0.39 is 0 Å². The highest BCUT2D eigenvalue weighted by Gasteiger charge is 2.31. The third-order valence-corrected chi connectivity index (χ3v) is 7.67. The van der Waals surface area contributed by atoms with E-state index in [2.05, 4.69) is 77.4 Å². The molecule has 1 atom stereocenters. The first-order valence-corrected chi connectivity index (χ1v) is 12.9. The van der Waals surface area contributed by atoms with Gasteiger partial charge < -0.3 is 14.0 Å². The van der Waals surface area contributed by atoms with Gasteiger partial charge in [-0.3, -0.25) is 4.79 Å². The molecule has 6 heteroatoms. The summed E-state index contributed by atoms with van der Waals surface area (Å²) in [4.78, 5) is 15.8. The first kappa shape index (κ1) is 22.9. The molecule has 2 aromatic heterocycles. The van der Waals surface area contributed by atoms with Gasteiger partial charge in [0.25, 0.3) is 5.91 Å². The van der Waals surface area contributed by atoms with E-state index >= 15 is 0 Å². The normalized spacial score (nSPS) is 18.7. The molecule has 34 heavy (non-hydrogen) atoms. The van der Waals surface area contributed by atoms with E-state index in [-0.39, 0.29) is 11.8 Å². The van der Waals surface area contributed by atoms with Crippen molar-refractivity contribution in [2.24, 2.45) is 0 Å². The molecule has 0 spiro atoms. The Morgan fingerprint density at radius 3 is 2.71 bits per heavy atom. The number of aryl methyl sites for hydroxylation is 2. The molecule has 4 heterocycles. The van der Waals surface area contributed by atoms with Crippen LogP contribution in [0.1, 0.15) is 96.7 Å². The maximum atomic E-state index is 13.7. The lowest BCUT2D eigenvalue weighted by molar-refractivity contribution is 0.0702. The Morgan fingerprint density at radius 2 is 1.88 bits per heavy atom. The zero-order chi connectivity index (χ0) is 23.8. The minimum Gasteiger partial charge on any atom is -0.338 e. The molecule has 1 amide bonds. The van der Waals surface area contributed by atoms with Crippen molar-refractivity contribution >= 4 is 5.91 Å². The van der Waals surface area contributed by atoms with Crippen LogP contribution in [0.2, 0.25) is 0 Å². The third kappa shape index (κ3) is 4.19. The summed E-state index contributed by atoms with van der Waals surface area (Å²) >= 11 is 0. The van der Waals surface area contributed by atoms with Gasteiger partial charge in [-0.15, -0.1) is 10.2 Å². The van der Waals surface area contributed by atoms with Crippen LogP contribution in [0.15, 0.2) is 30.3 Å². The predicted molar refractivity (Wildman–Crippen MR) is 135 cm³/mol. The van der Waals surface area contributed by atoms with Crippen LogP contribution in [0.25, 0.3) is 5.69 Å². The highest BCUT2D eigenvalue weighted by atomic mass is 16.2. The number of carbonyl (C=O) groups excluding carboxylic acids is 1. The molecule has 0 radical (unpaired) electrons. The minimum atomic E-state index is 0.139. The molecule has 1 saturated heterocycles. The molecule has 3 aromatic rings. The fraction of sp³-hybridized carbons (Fsp3) is 0.536. The Hall–Kier alpha value is -2.89. The first-order chi connectivity index (χ1) is 16.4. The molecule has 180 valence electrons. The van der Waals surface area contributed by atoms with Crippen molar-refractivity contribution in [1.82, 2.24) is 24.2 Å². The topological polar surface area (TPSA) is 56.0 Å². The van der Waals surface area contributed by atoms with Crippen molar-refractivity contribution in [2.45, 2.75) is 84.6 Å². The van der Waals surface area contributed by atoms with Gasteiger partial charge in [-0.25, -0.2) is 0 Å². The van der Waals surface area contributed by atoms with Gasteiger partial charge >= 0.3 is 0 Å². The standard InChI is InChI=1S/C28H37N5O/c1-19(2)22-10-8-12-24(17-22)33-20(3)16-25(21(33)4)28(34)31-14-9-11-23(18-31)27-30-29-26-13-6-5-7-15-32(26)27/h8,10,12,16-17,19,23H,5-7,9,11,13-15,18H2,1-4H3. The van der Waals surface area contributed by atoms with E-state index in [4.69, 9.17) is 0 Å². The van der Waals surface area contributed by atoms with Crippen LogP contribution in [-0.4, -0.2) is 43.2 Å². The smallest absolute Gasteiger partial charge is 0.255 e. The minimum absolute atomic E-state index is 0.139. The van der Waals surface area contributed by atoms with Crippen molar-refractivity contribution in [3.8, 4) is 5.69 Å². The molecule has 0 N–H and O–H groups in total. The average Bonchev–Trinajstić information content (AvgIpc) is 3.28. The molecule has 2 aliphatic rings. The Kier molecular flexibility index (Phi) is 6.32. The molecule has 2 aliphatic heterocycles.